The lowest BCUT2D eigenvalue weighted by Gasteiger charge is -2.17. The summed E-state index contributed by atoms with van der Waals surface area (Å²) in [5.41, 5.74) is 3.94. The van der Waals surface area contributed by atoms with E-state index in [0.717, 1.165) is 31.5 Å². The van der Waals surface area contributed by atoms with E-state index in [1.165, 1.54) is 17.3 Å². The maximum absolute atomic E-state index is 13.3. The van der Waals surface area contributed by atoms with E-state index < -0.39 is 0 Å². The molecule has 3 aromatic rings. The second-order valence-electron chi connectivity index (χ2n) is 8.88. The highest BCUT2D eigenvalue weighted by atomic mass is 79.9. The Kier molecular flexibility index (Phi) is 8.99. The van der Waals surface area contributed by atoms with Crippen LogP contribution in [0.5, 0.6) is 5.75 Å². The molecule has 1 aliphatic heterocycles. The van der Waals surface area contributed by atoms with E-state index in [1.807, 2.05) is 30.3 Å². The maximum Gasteiger partial charge on any atom is 0.266 e. The van der Waals surface area contributed by atoms with Crippen molar-refractivity contribution in [2.75, 3.05) is 6.54 Å². The maximum atomic E-state index is 13.3. The summed E-state index contributed by atoms with van der Waals surface area (Å²) < 4.78 is 7.68. The van der Waals surface area contributed by atoms with Crippen LogP contribution in [0.25, 0.3) is 6.08 Å². The lowest BCUT2D eigenvalue weighted by Crippen LogP contribution is -2.32. The summed E-state index contributed by atoms with van der Waals surface area (Å²) in [6.45, 7) is 7.29. The number of thioether (sulfide) groups is 1. The second kappa shape index (κ2) is 12.0. The minimum atomic E-state index is -0.0478. The zero-order valence-corrected chi connectivity index (χ0v) is 24.8. The van der Waals surface area contributed by atoms with E-state index in [-0.39, 0.29) is 5.91 Å². The van der Waals surface area contributed by atoms with Crippen molar-refractivity contribution in [3.63, 3.8) is 0 Å². The third kappa shape index (κ3) is 6.82. The number of amides is 1. The number of aryl methyl sites for hydroxylation is 1. The first-order valence-corrected chi connectivity index (χ1v) is 14.2. The number of nitrogens with zero attached hydrogens (tertiary/aromatic N) is 2. The van der Waals surface area contributed by atoms with Gasteiger partial charge in [-0.25, -0.2) is 4.99 Å². The van der Waals surface area contributed by atoms with Crippen LogP contribution in [-0.2, 0) is 11.4 Å². The van der Waals surface area contributed by atoms with Gasteiger partial charge < -0.3 is 4.74 Å². The van der Waals surface area contributed by atoms with Gasteiger partial charge in [0.1, 0.15) is 12.4 Å². The zero-order valence-electron chi connectivity index (χ0n) is 20.1. The number of aliphatic imine (C=N–C) groups is 1. The summed E-state index contributed by atoms with van der Waals surface area (Å²) in [5, 5.41) is 1.31. The quantitative estimate of drug-likeness (QED) is 0.240. The van der Waals surface area contributed by atoms with Gasteiger partial charge in [-0.2, -0.15) is 0 Å². The SMILES string of the molecule is Cc1ccc(COc2c(Br)cc(/C=C3\SC(=Nc4ccc(Cl)cc4)N(CC(C)C)C3=O)cc2Br)cc1. The zero-order chi connectivity index (χ0) is 25.8. The Hall–Kier alpha value is -2.06. The summed E-state index contributed by atoms with van der Waals surface area (Å²) in [4.78, 5) is 20.4. The molecule has 0 unspecified atom stereocenters. The number of carbonyl (C=O) groups excluding carboxylic acids is 1. The van der Waals surface area contributed by atoms with Gasteiger partial charge in [0, 0.05) is 11.6 Å². The Morgan fingerprint density at radius 3 is 2.31 bits per heavy atom. The number of carbonyl (C=O) groups is 1. The summed E-state index contributed by atoms with van der Waals surface area (Å²) >= 11 is 14.7. The van der Waals surface area contributed by atoms with Crippen LogP contribution in [0.15, 0.2) is 79.5 Å². The smallest absolute Gasteiger partial charge is 0.266 e. The Morgan fingerprint density at radius 1 is 1.06 bits per heavy atom. The molecular weight excluding hydrogens is 624 g/mol. The van der Waals surface area contributed by atoms with Crippen molar-refractivity contribution in [2.45, 2.75) is 27.4 Å². The fourth-order valence-electron chi connectivity index (χ4n) is 3.54. The van der Waals surface area contributed by atoms with Crippen LogP contribution in [0.2, 0.25) is 5.02 Å². The number of amidine groups is 1. The highest BCUT2D eigenvalue weighted by molar-refractivity contribution is 9.11. The molecule has 36 heavy (non-hydrogen) atoms. The third-order valence-electron chi connectivity index (χ3n) is 5.31. The van der Waals surface area contributed by atoms with Gasteiger partial charge in [0.05, 0.1) is 19.5 Å². The molecule has 8 heteroatoms. The van der Waals surface area contributed by atoms with Crippen molar-refractivity contribution in [2.24, 2.45) is 10.9 Å². The monoisotopic (exact) mass is 646 g/mol. The first-order valence-electron chi connectivity index (χ1n) is 11.4. The van der Waals surface area contributed by atoms with Gasteiger partial charge in [0.25, 0.3) is 5.91 Å². The molecule has 0 spiro atoms. The van der Waals surface area contributed by atoms with E-state index in [9.17, 15) is 4.79 Å². The molecule has 4 rings (SSSR count). The Labute approximate surface area is 238 Å². The Bertz CT molecular complexity index is 1300. The molecule has 1 saturated heterocycles. The van der Waals surface area contributed by atoms with Crippen molar-refractivity contribution in [1.82, 2.24) is 4.90 Å². The molecule has 1 heterocycles. The molecule has 4 nitrogen and oxygen atoms in total. The highest BCUT2D eigenvalue weighted by Gasteiger charge is 2.33. The lowest BCUT2D eigenvalue weighted by atomic mass is 10.1. The molecule has 3 aromatic carbocycles. The van der Waals surface area contributed by atoms with Gasteiger partial charge in [-0.05, 0) is 110 Å². The van der Waals surface area contributed by atoms with E-state index in [4.69, 9.17) is 21.3 Å². The number of hydrogen-bond acceptors (Lipinski definition) is 4. The highest BCUT2D eigenvalue weighted by Crippen LogP contribution is 2.39. The number of rotatable bonds is 7. The molecule has 0 N–H and O–H groups in total. The molecule has 1 fully saturated rings. The van der Waals surface area contributed by atoms with Crippen molar-refractivity contribution >= 4 is 78.1 Å². The van der Waals surface area contributed by atoms with Crippen LogP contribution in [0, 0.1) is 12.8 Å². The van der Waals surface area contributed by atoms with Crippen molar-refractivity contribution in [3.05, 3.63) is 96.2 Å². The van der Waals surface area contributed by atoms with Gasteiger partial charge >= 0.3 is 0 Å². The van der Waals surface area contributed by atoms with Gasteiger partial charge in [-0.3, -0.25) is 9.69 Å². The molecule has 0 aromatic heterocycles. The molecule has 186 valence electrons. The normalized spacial score (nSPS) is 16.0. The van der Waals surface area contributed by atoms with Gasteiger partial charge in [-0.1, -0.05) is 55.3 Å². The molecular formula is C28H25Br2ClN2O2S. The first-order chi connectivity index (χ1) is 17.2. The molecule has 0 aliphatic carbocycles. The predicted octanol–water partition coefficient (Wildman–Crippen LogP) is 9.01. The lowest BCUT2D eigenvalue weighted by molar-refractivity contribution is -0.122. The second-order valence-corrected chi connectivity index (χ2v) is 12.0. The summed E-state index contributed by atoms with van der Waals surface area (Å²) in [6.07, 6.45) is 1.89. The van der Waals surface area contributed by atoms with Crippen LogP contribution in [-0.4, -0.2) is 22.5 Å². The number of benzene rings is 3. The van der Waals surface area contributed by atoms with E-state index in [2.05, 4.69) is 76.9 Å². The molecule has 0 saturated carbocycles. The largest absolute Gasteiger partial charge is 0.487 e. The minimum absolute atomic E-state index is 0.0478. The average Bonchev–Trinajstić information content (AvgIpc) is 3.09. The minimum Gasteiger partial charge on any atom is -0.487 e. The van der Waals surface area contributed by atoms with E-state index in [0.29, 0.717) is 34.2 Å². The van der Waals surface area contributed by atoms with Crippen molar-refractivity contribution < 1.29 is 9.53 Å². The standard InChI is InChI=1S/C28H25Br2ClN2O2S/c1-17(2)15-33-27(34)25(36-28(33)32-22-10-8-21(31)9-11-22)14-20-12-23(29)26(24(30)13-20)35-16-19-6-4-18(3)5-7-19/h4-14,17H,15-16H2,1-3H3/b25-14-,32-28?. The van der Waals surface area contributed by atoms with Crippen LogP contribution >= 0.6 is 55.2 Å². The molecule has 0 bridgehead atoms. The van der Waals surface area contributed by atoms with Crippen molar-refractivity contribution in [3.8, 4) is 5.75 Å². The molecule has 1 amide bonds. The predicted molar refractivity (Wildman–Crippen MR) is 158 cm³/mol. The van der Waals surface area contributed by atoms with Crippen LogP contribution in [0.1, 0.15) is 30.5 Å². The summed E-state index contributed by atoms with van der Waals surface area (Å²) in [6, 6.07) is 19.5. The first kappa shape index (κ1) is 27.0. The van der Waals surface area contributed by atoms with Gasteiger partial charge in [0.15, 0.2) is 5.17 Å². The number of halogens is 3. The average molecular weight is 649 g/mol. The number of hydrogen-bond donors (Lipinski definition) is 0. The summed E-state index contributed by atoms with van der Waals surface area (Å²) in [5.74, 6) is 0.973. The van der Waals surface area contributed by atoms with Crippen LogP contribution < -0.4 is 4.74 Å². The third-order valence-corrected chi connectivity index (χ3v) is 7.75. The topological polar surface area (TPSA) is 41.9 Å². The van der Waals surface area contributed by atoms with E-state index >= 15 is 0 Å². The molecule has 1 aliphatic rings. The Balaban J connectivity index is 1.57. The fourth-order valence-corrected chi connectivity index (χ4v) is 6.12. The van der Waals surface area contributed by atoms with Crippen LogP contribution in [0.4, 0.5) is 5.69 Å². The van der Waals surface area contributed by atoms with Gasteiger partial charge in [-0.15, -0.1) is 0 Å². The fraction of sp³-hybridized carbons (Fsp3) is 0.214. The number of ether oxygens (including phenoxy) is 1. The van der Waals surface area contributed by atoms with Gasteiger partial charge in [0.2, 0.25) is 0 Å². The summed E-state index contributed by atoms with van der Waals surface area (Å²) in [7, 11) is 0. The Morgan fingerprint density at radius 2 is 1.69 bits per heavy atom. The molecule has 0 radical (unpaired) electrons. The molecule has 0 atom stereocenters. The van der Waals surface area contributed by atoms with Crippen molar-refractivity contribution in [1.29, 1.82) is 0 Å². The van der Waals surface area contributed by atoms with Crippen LogP contribution in [0.3, 0.4) is 0 Å². The van der Waals surface area contributed by atoms with E-state index in [1.54, 1.807) is 17.0 Å².